The molecule has 4 rings (SSSR count). The van der Waals surface area contributed by atoms with E-state index in [9.17, 15) is 75.3 Å². The molecule has 0 unspecified atom stereocenters. The van der Waals surface area contributed by atoms with Gasteiger partial charge in [0, 0.05) is 11.1 Å². The second kappa shape index (κ2) is 11.9. The lowest BCUT2D eigenvalue weighted by Gasteiger charge is -2.31. The molecule has 0 saturated carbocycles. The second-order valence-corrected chi connectivity index (χ2v) is 9.43. The number of hydrogen-bond acceptors (Lipinski definition) is 18. The highest BCUT2D eigenvalue weighted by molar-refractivity contribution is 6.08. The van der Waals surface area contributed by atoms with Gasteiger partial charge in [0.05, 0.1) is 16.7 Å². The standard InChI is InChI=1S/C27H22O18/c28-5-14(33)23(44-25(40)7-1-10(29)18(35)11(30)2-7)24-15(34)6-43-26(41)8-3-12(31)19(36)21(38)16(8)17-9(27(42)45-24)4-13(32)20(37)22(17)39/h1-5,14-15,23-24,29-39H,6H2/t14-,15+,23+,24+/m0/s1. The van der Waals surface area contributed by atoms with E-state index in [2.05, 4.69) is 0 Å². The molecule has 3 aromatic rings. The average Bonchev–Trinajstić information content (AvgIpc) is 3.01. The summed E-state index contributed by atoms with van der Waals surface area (Å²) in [4.78, 5) is 51.0. The molecule has 1 aliphatic rings. The van der Waals surface area contributed by atoms with Crippen molar-refractivity contribution in [3.63, 3.8) is 0 Å². The van der Waals surface area contributed by atoms with E-state index in [0.29, 0.717) is 24.3 Å². The van der Waals surface area contributed by atoms with Crippen molar-refractivity contribution in [3.8, 4) is 62.9 Å². The number of esters is 3. The van der Waals surface area contributed by atoms with Gasteiger partial charge < -0.3 is 75.2 Å². The number of carbonyl (C=O) groups is 4. The van der Waals surface area contributed by atoms with Gasteiger partial charge in [-0.3, -0.25) is 0 Å². The van der Waals surface area contributed by atoms with Crippen LogP contribution in [0.25, 0.3) is 11.1 Å². The lowest BCUT2D eigenvalue weighted by atomic mass is 9.92. The van der Waals surface area contributed by atoms with Crippen LogP contribution in [0.5, 0.6) is 51.7 Å². The smallest absolute Gasteiger partial charge is 0.339 e. The minimum Gasteiger partial charge on any atom is -0.504 e. The molecule has 0 aromatic heterocycles. The van der Waals surface area contributed by atoms with Crippen LogP contribution in [0.3, 0.4) is 0 Å². The van der Waals surface area contributed by atoms with Crippen LogP contribution < -0.4 is 0 Å². The van der Waals surface area contributed by atoms with Gasteiger partial charge in [0.2, 0.25) is 11.5 Å². The van der Waals surface area contributed by atoms with Gasteiger partial charge in [-0.25, -0.2) is 14.4 Å². The van der Waals surface area contributed by atoms with Crippen LogP contribution in [0.1, 0.15) is 31.1 Å². The minimum absolute atomic E-state index is 0.218. The number of carbonyl (C=O) groups excluding carboxylic acids is 4. The van der Waals surface area contributed by atoms with Crippen LogP contribution in [0.15, 0.2) is 24.3 Å². The quantitative estimate of drug-likeness (QED) is 0.0732. The summed E-state index contributed by atoms with van der Waals surface area (Å²) in [6.07, 6.45) is -9.60. The van der Waals surface area contributed by atoms with Crippen LogP contribution in [0.4, 0.5) is 0 Å². The number of aliphatic hydroxyl groups excluding tert-OH is 2. The first-order valence-electron chi connectivity index (χ1n) is 12.3. The SMILES string of the molecule is O=C[C@H](O)[C@@H](OC(=O)c1cc(O)c(O)c(O)c1)[C@@H]1OC(=O)c2cc(O)c(O)c(O)c2-c2c(cc(O)c(O)c2O)C(=O)OC[C@H]1O. The Kier molecular flexibility index (Phi) is 8.38. The number of hydrogen-bond donors (Lipinski definition) is 11. The summed E-state index contributed by atoms with van der Waals surface area (Å²) in [5.74, 6) is -15.3. The normalized spacial score (nSPS) is 17.8. The Morgan fingerprint density at radius 3 is 1.71 bits per heavy atom. The average molecular weight is 634 g/mol. The number of ether oxygens (including phenoxy) is 3. The number of phenolic OH excluding ortho intramolecular Hbond substituents is 9. The molecule has 3 aromatic carbocycles. The van der Waals surface area contributed by atoms with Crippen molar-refractivity contribution in [3.05, 3.63) is 41.0 Å². The summed E-state index contributed by atoms with van der Waals surface area (Å²) in [5, 5.41) is 112. The molecule has 0 amide bonds. The van der Waals surface area contributed by atoms with Crippen molar-refractivity contribution in [2.45, 2.75) is 24.4 Å². The Labute approximate surface area is 249 Å². The number of phenols is 9. The monoisotopic (exact) mass is 634 g/mol. The van der Waals surface area contributed by atoms with E-state index in [0.717, 1.165) is 0 Å². The first-order valence-corrected chi connectivity index (χ1v) is 12.3. The van der Waals surface area contributed by atoms with E-state index in [1.54, 1.807) is 0 Å². The van der Waals surface area contributed by atoms with Crippen molar-refractivity contribution in [2.24, 2.45) is 0 Å². The maximum absolute atomic E-state index is 13.5. The molecule has 0 saturated heterocycles. The Hall–Kier alpha value is -6.14. The summed E-state index contributed by atoms with van der Waals surface area (Å²) in [6, 6.07) is 2.18. The third kappa shape index (κ3) is 5.65. The second-order valence-electron chi connectivity index (χ2n) is 9.43. The van der Waals surface area contributed by atoms with Crippen molar-refractivity contribution in [2.75, 3.05) is 6.61 Å². The molecule has 4 atom stereocenters. The maximum Gasteiger partial charge on any atom is 0.339 e. The van der Waals surface area contributed by atoms with E-state index in [-0.39, 0.29) is 6.29 Å². The van der Waals surface area contributed by atoms with Crippen LogP contribution >= 0.6 is 0 Å². The Balaban J connectivity index is 1.90. The molecule has 1 aliphatic heterocycles. The van der Waals surface area contributed by atoms with Crippen molar-refractivity contribution < 1.29 is 89.6 Å². The molecule has 0 aliphatic carbocycles. The lowest BCUT2D eigenvalue weighted by molar-refractivity contribution is -0.140. The number of rotatable bonds is 5. The van der Waals surface area contributed by atoms with Crippen molar-refractivity contribution in [1.82, 2.24) is 0 Å². The molecule has 0 fully saturated rings. The molecule has 1 heterocycles. The van der Waals surface area contributed by atoms with Gasteiger partial charge in [-0.1, -0.05) is 0 Å². The molecule has 18 heteroatoms. The van der Waals surface area contributed by atoms with Crippen LogP contribution in [0, 0.1) is 0 Å². The summed E-state index contributed by atoms with van der Waals surface area (Å²) >= 11 is 0. The highest BCUT2D eigenvalue weighted by atomic mass is 16.6. The number of fused-ring (bicyclic) bond motifs is 3. The topological polar surface area (TPSA) is 318 Å². The minimum atomic E-state index is -2.40. The molecule has 0 spiro atoms. The van der Waals surface area contributed by atoms with E-state index >= 15 is 0 Å². The van der Waals surface area contributed by atoms with Gasteiger partial charge >= 0.3 is 17.9 Å². The number of benzene rings is 3. The van der Waals surface area contributed by atoms with Crippen molar-refractivity contribution in [1.29, 1.82) is 0 Å². The fraction of sp³-hybridized carbons (Fsp3) is 0.185. The number of aldehydes is 1. The van der Waals surface area contributed by atoms with Gasteiger partial charge in [-0.05, 0) is 24.3 Å². The molecule has 0 radical (unpaired) electrons. The van der Waals surface area contributed by atoms with Gasteiger partial charge in [0.15, 0.2) is 58.7 Å². The largest absolute Gasteiger partial charge is 0.504 e. The van der Waals surface area contributed by atoms with Crippen molar-refractivity contribution >= 4 is 24.2 Å². The van der Waals surface area contributed by atoms with Gasteiger partial charge in [-0.15, -0.1) is 0 Å². The van der Waals surface area contributed by atoms with Gasteiger partial charge in [0.25, 0.3) is 0 Å². The Morgan fingerprint density at radius 1 is 0.756 bits per heavy atom. The summed E-state index contributed by atoms with van der Waals surface area (Å²) < 4.78 is 15.2. The predicted molar refractivity (Wildman–Crippen MR) is 140 cm³/mol. The lowest BCUT2D eigenvalue weighted by Crippen LogP contribution is -2.51. The number of aromatic hydroxyl groups is 9. The van der Waals surface area contributed by atoms with E-state index in [1.165, 1.54) is 0 Å². The summed E-state index contributed by atoms with van der Waals surface area (Å²) in [5.41, 5.74) is -4.49. The number of cyclic esters (lactones) is 2. The maximum atomic E-state index is 13.5. The summed E-state index contributed by atoms with van der Waals surface area (Å²) in [6.45, 7) is -1.18. The first-order chi connectivity index (χ1) is 21.1. The third-order valence-electron chi connectivity index (χ3n) is 6.55. The predicted octanol–water partition coefficient (Wildman–Crippen LogP) is -0.454. The highest BCUT2D eigenvalue weighted by Crippen LogP contribution is 2.52. The fourth-order valence-corrected chi connectivity index (χ4v) is 4.32. The molecule has 11 N–H and O–H groups in total. The molecule has 45 heavy (non-hydrogen) atoms. The van der Waals surface area contributed by atoms with Crippen LogP contribution in [-0.2, 0) is 19.0 Å². The third-order valence-corrected chi connectivity index (χ3v) is 6.55. The number of aliphatic hydroxyl groups is 2. The first kappa shape index (κ1) is 31.8. The zero-order valence-corrected chi connectivity index (χ0v) is 22.2. The zero-order chi connectivity index (χ0) is 33.5. The van der Waals surface area contributed by atoms with E-state index < -0.39 is 128 Å². The fourth-order valence-electron chi connectivity index (χ4n) is 4.32. The highest BCUT2D eigenvalue weighted by Gasteiger charge is 2.43. The molecule has 0 bridgehead atoms. The van der Waals surface area contributed by atoms with Crippen LogP contribution in [0.2, 0.25) is 0 Å². The van der Waals surface area contributed by atoms with E-state index in [4.69, 9.17) is 14.2 Å². The summed E-state index contributed by atoms with van der Waals surface area (Å²) in [7, 11) is 0. The Morgan fingerprint density at radius 2 is 1.22 bits per heavy atom. The molecule has 238 valence electrons. The van der Waals surface area contributed by atoms with Gasteiger partial charge in [0.1, 0.15) is 18.8 Å². The zero-order valence-electron chi connectivity index (χ0n) is 22.2. The molecular weight excluding hydrogens is 612 g/mol. The molecule has 18 nitrogen and oxygen atoms in total. The van der Waals surface area contributed by atoms with Gasteiger partial charge in [-0.2, -0.15) is 0 Å². The van der Waals surface area contributed by atoms with Crippen LogP contribution in [-0.4, -0.2) is 111 Å². The Bertz CT molecular complexity index is 1710. The molecular formula is C27H22O18. The van der Waals surface area contributed by atoms with E-state index in [1.807, 2.05) is 0 Å².